The van der Waals surface area contributed by atoms with Crippen LogP contribution in [0.1, 0.15) is 46.5 Å². The van der Waals surface area contributed by atoms with Crippen LogP contribution in [0.4, 0.5) is 0 Å². The fourth-order valence-corrected chi connectivity index (χ4v) is 3.14. The third-order valence-electron chi connectivity index (χ3n) is 5.16. The molecule has 2 fully saturated rings. The largest absolute Gasteiger partial charge is 0.309 e. The molecule has 0 spiro atoms. The summed E-state index contributed by atoms with van der Waals surface area (Å²) in [5.41, 5.74) is 3.92. The second-order valence-electron chi connectivity index (χ2n) is 5.97. The lowest BCUT2D eigenvalue weighted by Gasteiger charge is -2.41. The monoisotopic (exact) mass is 236 g/mol. The van der Waals surface area contributed by atoms with Crippen molar-refractivity contribution in [2.24, 2.45) is 5.41 Å². The van der Waals surface area contributed by atoms with Crippen LogP contribution in [0.2, 0.25) is 0 Å². The molecule has 0 saturated carbocycles. The van der Waals surface area contributed by atoms with Gasteiger partial charge in [0.15, 0.2) is 0 Å². The van der Waals surface area contributed by atoms with E-state index in [0.717, 1.165) is 13.1 Å². The number of nitrogens with zero attached hydrogens (tertiary/aromatic N) is 1. The van der Waals surface area contributed by atoms with Crippen molar-refractivity contribution in [3.05, 3.63) is 11.1 Å². The first-order chi connectivity index (χ1) is 8.19. The van der Waals surface area contributed by atoms with Crippen molar-refractivity contribution in [3.63, 3.8) is 0 Å². The number of hydrogen-bond acceptors (Lipinski definition) is 2. The molecule has 0 radical (unpaired) electrons. The van der Waals surface area contributed by atoms with Gasteiger partial charge in [-0.3, -0.25) is 4.90 Å². The lowest BCUT2D eigenvalue weighted by atomic mass is 9.74. The highest BCUT2D eigenvalue weighted by Gasteiger charge is 2.31. The lowest BCUT2D eigenvalue weighted by molar-refractivity contribution is 0.101. The van der Waals surface area contributed by atoms with Gasteiger partial charge in [0.25, 0.3) is 0 Å². The van der Waals surface area contributed by atoms with Gasteiger partial charge in [0, 0.05) is 19.6 Å². The molecule has 98 valence electrons. The van der Waals surface area contributed by atoms with E-state index < -0.39 is 0 Å². The Kier molecular flexibility index (Phi) is 4.26. The van der Waals surface area contributed by atoms with Gasteiger partial charge in [-0.2, -0.15) is 0 Å². The van der Waals surface area contributed by atoms with Gasteiger partial charge in [-0.1, -0.05) is 32.3 Å². The van der Waals surface area contributed by atoms with Crippen molar-refractivity contribution < 1.29 is 0 Å². The fraction of sp³-hybridized carbons (Fsp3) is 0.867. The van der Waals surface area contributed by atoms with Crippen LogP contribution in [0.5, 0.6) is 0 Å². The Bertz CT molecular complexity index is 273. The molecule has 2 rings (SSSR count). The molecule has 2 aliphatic heterocycles. The smallest absolute Gasteiger partial charge is 0.0193 e. The predicted octanol–water partition coefficient (Wildman–Crippen LogP) is 2.81. The number of piperidine rings is 1. The Morgan fingerprint density at radius 3 is 2.18 bits per heavy atom. The molecule has 0 aliphatic carbocycles. The molecule has 0 atom stereocenters. The topological polar surface area (TPSA) is 15.3 Å². The summed E-state index contributed by atoms with van der Waals surface area (Å²) < 4.78 is 0. The molecule has 2 heteroatoms. The van der Waals surface area contributed by atoms with Gasteiger partial charge < -0.3 is 5.32 Å². The fourth-order valence-electron chi connectivity index (χ4n) is 3.14. The number of nitrogens with one attached hydrogen (secondary N) is 1. The molecule has 0 aromatic carbocycles. The van der Waals surface area contributed by atoms with Crippen LogP contribution in [-0.2, 0) is 0 Å². The Morgan fingerprint density at radius 1 is 1.18 bits per heavy atom. The zero-order chi connectivity index (χ0) is 12.3. The first-order valence-corrected chi connectivity index (χ1v) is 7.29. The van der Waals surface area contributed by atoms with Gasteiger partial charge in [-0.25, -0.2) is 0 Å². The molecule has 0 amide bonds. The molecule has 0 bridgehead atoms. The highest BCUT2D eigenvalue weighted by molar-refractivity contribution is 5.22. The normalized spacial score (nSPS) is 24.5. The van der Waals surface area contributed by atoms with Gasteiger partial charge in [-0.15, -0.1) is 0 Å². The zero-order valence-corrected chi connectivity index (χ0v) is 11.8. The summed E-state index contributed by atoms with van der Waals surface area (Å²) in [6.45, 7) is 13.1. The van der Waals surface area contributed by atoms with E-state index in [4.69, 9.17) is 0 Å². The van der Waals surface area contributed by atoms with E-state index >= 15 is 0 Å². The summed E-state index contributed by atoms with van der Waals surface area (Å²) in [6, 6.07) is 0. The minimum Gasteiger partial charge on any atom is -0.309 e. The molecule has 17 heavy (non-hydrogen) atoms. The molecule has 2 saturated heterocycles. The molecule has 2 aliphatic rings. The first kappa shape index (κ1) is 13.1. The minimum absolute atomic E-state index is 0.662. The average molecular weight is 236 g/mol. The molecule has 1 N–H and O–H groups in total. The van der Waals surface area contributed by atoms with Crippen molar-refractivity contribution in [2.75, 3.05) is 32.7 Å². The Morgan fingerprint density at radius 2 is 1.76 bits per heavy atom. The van der Waals surface area contributed by atoms with Gasteiger partial charge in [0.2, 0.25) is 0 Å². The second kappa shape index (κ2) is 5.53. The van der Waals surface area contributed by atoms with Crippen LogP contribution in [0.3, 0.4) is 0 Å². The molecule has 0 aromatic heterocycles. The Labute approximate surface area is 106 Å². The van der Waals surface area contributed by atoms with Gasteiger partial charge in [0.05, 0.1) is 0 Å². The summed E-state index contributed by atoms with van der Waals surface area (Å²) in [6.07, 6.45) is 5.53. The lowest BCUT2D eigenvalue weighted by Crippen LogP contribution is -2.42. The van der Waals surface area contributed by atoms with Crippen LogP contribution in [0, 0.1) is 5.41 Å². The Hall–Kier alpha value is -0.340. The van der Waals surface area contributed by atoms with E-state index in [-0.39, 0.29) is 0 Å². The van der Waals surface area contributed by atoms with E-state index in [1.807, 2.05) is 0 Å². The van der Waals surface area contributed by atoms with Crippen molar-refractivity contribution in [1.29, 1.82) is 0 Å². The van der Waals surface area contributed by atoms with Crippen LogP contribution >= 0.6 is 0 Å². The SMILES string of the molecule is CCC1(CC)CCN(CC(C)=C2CNC2)CC1. The third-order valence-corrected chi connectivity index (χ3v) is 5.16. The van der Waals surface area contributed by atoms with Crippen molar-refractivity contribution in [1.82, 2.24) is 10.2 Å². The number of likely N-dealkylation sites (tertiary alicyclic amines) is 1. The van der Waals surface area contributed by atoms with Crippen LogP contribution in [0.15, 0.2) is 11.1 Å². The molecular formula is C15H28N2. The zero-order valence-electron chi connectivity index (χ0n) is 11.8. The summed E-state index contributed by atoms with van der Waals surface area (Å²) in [5.74, 6) is 0. The summed E-state index contributed by atoms with van der Waals surface area (Å²) in [5, 5.41) is 3.33. The highest BCUT2D eigenvalue weighted by Crippen LogP contribution is 2.38. The second-order valence-corrected chi connectivity index (χ2v) is 5.97. The van der Waals surface area contributed by atoms with Crippen molar-refractivity contribution in [3.8, 4) is 0 Å². The summed E-state index contributed by atoms with van der Waals surface area (Å²) >= 11 is 0. The van der Waals surface area contributed by atoms with Gasteiger partial charge in [-0.05, 0) is 43.8 Å². The number of rotatable bonds is 4. The van der Waals surface area contributed by atoms with E-state index in [2.05, 4.69) is 31.0 Å². The van der Waals surface area contributed by atoms with Crippen LogP contribution in [0.25, 0.3) is 0 Å². The van der Waals surface area contributed by atoms with E-state index in [9.17, 15) is 0 Å². The van der Waals surface area contributed by atoms with E-state index in [1.165, 1.54) is 45.3 Å². The van der Waals surface area contributed by atoms with E-state index in [1.54, 1.807) is 11.1 Å². The molecule has 2 heterocycles. The maximum Gasteiger partial charge on any atom is 0.0193 e. The summed E-state index contributed by atoms with van der Waals surface area (Å²) in [7, 11) is 0. The van der Waals surface area contributed by atoms with Gasteiger partial charge in [0.1, 0.15) is 0 Å². The number of hydrogen-bond donors (Lipinski definition) is 1. The molecule has 2 nitrogen and oxygen atoms in total. The molecular weight excluding hydrogens is 208 g/mol. The first-order valence-electron chi connectivity index (χ1n) is 7.29. The third kappa shape index (κ3) is 2.92. The van der Waals surface area contributed by atoms with Crippen molar-refractivity contribution in [2.45, 2.75) is 46.5 Å². The maximum absolute atomic E-state index is 3.33. The average Bonchev–Trinajstić information content (AvgIpc) is 2.28. The Balaban J connectivity index is 1.83. The molecule has 0 unspecified atom stereocenters. The predicted molar refractivity (Wildman–Crippen MR) is 74.3 cm³/mol. The molecule has 0 aromatic rings. The van der Waals surface area contributed by atoms with Crippen LogP contribution < -0.4 is 5.32 Å². The minimum atomic E-state index is 0.662. The van der Waals surface area contributed by atoms with Crippen LogP contribution in [-0.4, -0.2) is 37.6 Å². The highest BCUT2D eigenvalue weighted by atomic mass is 15.1. The van der Waals surface area contributed by atoms with E-state index in [0.29, 0.717) is 5.41 Å². The summed E-state index contributed by atoms with van der Waals surface area (Å²) in [4.78, 5) is 2.66. The quantitative estimate of drug-likeness (QED) is 0.755. The van der Waals surface area contributed by atoms with Gasteiger partial charge >= 0.3 is 0 Å². The standard InChI is InChI=1S/C15H28N2/c1-4-15(5-2)6-8-17(9-7-15)12-13(3)14-10-16-11-14/h16H,4-12H2,1-3H3. The van der Waals surface area contributed by atoms with Crippen molar-refractivity contribution >= 4 is 0 Å². The maximum atomic E-state index is 3.33.